The SMILES string of the molecule is COc1cccc([C@@H](C)S(=O)(=O)Cc2nnc([C@H]3CCCO3)n2-c2c(C)cccc2OC)c1. The van der Waals surface area contributed by atoms with E-state index < -0.39 is 15.1 Å². The van der Waals surface area contributed by atoms with Gasteiger partial charge < -0.3 is 14.2 Å². The molecule has 0 amide bonds. The third-order valence-electron chi connectivity index (χ3n) is 6.05. The second kappa shape index (κ2) is 9.52. The van der Waals surface area contributed by atoms with E-state index in [4.69, 9.17) is 14.2 Å². The molecule has 1 aromatic heterocycles. The minimum absolute atomic E-state index is 0.242. The van der Waals surface area contributed by atoms with E-state index in [9.17, 15) is 8.42 Å². The fourth-order valence-corrected chi connectivity index (χ4v) is 5.51. The van der Waals surface area contributed by atoms with Gasteiger partial charge in [-0.3, -0.25) is 4.57 Å². The minimum Gasteiger partial charge on any atom is -0.497 e. The van der Waals surface area contributed by atoms with Gasteiger partial charge in [-0.1, -0.05) is 24.3 Å². The van der Waals surface area contributed by atoms with E-state index in [1.165, 1.54) is 0 Å². The number of sulfone groups is 1. The summed E-state index contributed by atoms with van der Waals surface area (Å²) in [4.78, 5) is 0. The molecule has 8 nitrogen and oxygen atoms in total. The fraction of sp³-hybridized carbons (Fsp3) is 0.417. The van der Waals surface area contributed by atoms with E-state index in [1.807, 2.05) is 25.1 Å². The Bertz CT molecular complexity index is 1230. The lowest BCUT2D eigenvalue weighted by atomic mass is 10.1. The van der Waals surface area contributed by atoms with Crippen LogP contribution in [-0.2, 0) is 20.3 Å². The van der Waals surface area contributed by atoms with Gasteiger partial charge in [-0.2, -0.15) is 0 Å². The van der Waals surface area contributed by atoms with Crippen LogP contribution >= 0.6 is 0 Å². The molecule has 1 aliphatic heterocycles. The maximum atomic E-state index is 13.5. The third-order valence-corrected chi connectivity index (χ3v) is 8.06. The Hall–Kier alpha value is -2.91. The summed E-state index contributed by atoms with van der Waals surface area (Å²) in [5.41, 5.74) is 2.32. The number of para-hydroxylation sites is 1. The van der Waals surface area contributed by atoms with Crippen LogP contribution in [0.1, 0.15) is 53.9 Å². The van der Waals surface area contributed by atoms with Gasteiger partial charge in [0.05, 0.1) is 25.2 Å². The summed E-state index contributed by atoms with van der Waals surface area (Å²) in [6.07, 6.45) is 1.48. The highest BCUT2D eigenvalue weighted by Crippen LogP contribution is 2.35. The highest BCUT2D eigenvalue weighted by atomic mass is 32.2. The zero-order valence-corrected chi connectivity index (χ0v) is 20.1. The minimum atomic E-state index is -3.62. The van der Waals surface area contributed by atoms with Gasteiger partial charge in [0.15, 0.2) is 21.5 Å². The molecule has 0 N–H and O–H groups in total. The molecule has 0 saturated carbocycles. The van der Waals surface area contributed by atoms with E-state index >= 15 is 0 Å². The molecule has 1 fully saturated rings. The quantitative estimate of drug-likeness (QED) is 0.488. The monoisotopic (exact) mass is 471 g/mol. The van der Waals surface area contributed by atoms with Crippen LogP contribution in [0.4, 0.5) is 0 Å². The average molecular weight is 472 g/mol. The molecule has 176 valence electrons. The van der Waals surface area contributed by atoms with Crippen molar-refractivity contribution < 1.29 is 22.6 Å². The predicted molar refractivity (Wildman–Crippen MR) is 125 cm³/mol. The molecular weight excluding hydrogens is 442 g/mol. The van der Waals surface area contributed by atoms with Crippen LogP contribution < -0.4 is 9.47 Å². The zero-order chi connectivity index (χ0) is 23.6. The van der Waals surface area contributed by atoms with Crippen molar-refractivity contribution >= 4 is 9.84 Å². The molecule has 2 aromatic carbocycles. The molecule has 0 bridgehead atoms. The van der Waals surface area contributed by atoms with Crippen LogP contribution in [0.3, 0.4) is 0 Å². The van der Waals surface area contributed by atoms with Crippen LogP contribution in [0, 0.1) is 6.92 Å². The van der Waals surface area contributed by atoms with E-state index in [0.717, 1.165) is 24.1 Å². The second-order valence-electron chi connectivity index (χ2n) is 8.16. The van der Waals surface area contributed by atoms with E-state index in [1.54, 1.807) is 50.0 Å². The molecule has 0 aliphatic carbocycles. The van der Waals surface area contributed by atoms with Gasteiger partial charge >= 0.3 is 0 Å². The number of benzene rings is 2. The van der Waals surface area contributed by atoms with Gasteiger partial charge in [-0.05, 0) is 56.0 Å². The van der Waals surface area contributed by atoms with Crippen LogP contribution in [0.25, 0.3) is 5.69 Å². The number of rotatable bonds is 8. The molecule has 9 heteroatoms. The lowest BCUT2D eigenvalue weighted by molar-refractivity contribution is 0.103. The molecule has 0 radical (unpaired) electrons. The van der Waals surface area contributed by atoms with Gasteiger partial charge in [-0.25, -0.2) is 8.42 Å². The lowest BCUT2D eigenvalue weighted by Crippen LogP contribution is -2.18. The topological polar surface area (TPSA) is 92.5 Å². The van der Waals surface area contributed by atoms with Crippen molar-refractivity contribution in [3.63, 3.8) is 0 Å². The maximum absolute atomic E-state index is 13.5. The van der Waals surface area contributed by atoms with Crippen molar-refractivity contribution in [1.29, 1.82) is 0 Å². The Morgan fingerprint density at radius 3 is 2.64 bits per heavy atom. The first-order valence-corrected chi connectivity index (χ1v) is 12.6. The van der Waals surface area contributed by atoms with Crippen molar-refractivity contribution in [2.45, 2.75) is 43.8 Å². The van der Waals surface area contributed by atoms with Crippen molar-refractivity contribution in [3.8, 4) is 17.2 Å². The second-order valence-corrected chi connectivity index (χ2v) is 10.5. The fourth-order valence-electron chi connectivity index (χ4n) is 4.15. The highest BCUT2D eigenvalue weighted by molar-refractivity contribution is 7.90. The Labute approximate surface area is 194 Å². The largest absolute Gasteiger partial charge is 0.497 e. The zero-order valence-electron chi connectivity index (χ0n) is 19.3. The summed E-state index contributed by atoms with van der Waals surface area (Å²) in [5, 5.41) is 7.96. The first kappa shape index (κ1) is 23.3. The van der Waals surface area contributed by atoms with Crippen LogP contribution in [0.15, 0.2) is 42.5 Å². The predicted octanol–water partition coefficient (Wildman–Crippen LogP) is 4.12. The van der Waals surface area contributed by atoms with E-state index in [2.05, 4.69) is 10.2 Å². The van der Waals surface area contributed by atoms with Crippen LogP contribution in [0.5, 0.6) is 11.5 Å². The van der Waals surface area contributed by atoms with Crippen molar-refractivity contribution in [2.24, 2.45) is 0 Å². The molecule has 2 atom stereocenters. The Morgan fingerprint density at radius 2 is 1.94 bits per heavy atom. The lowest BCUT2D eigenvalue weighted by Gasteiger charge is -2.19. The Morgan fingerprint density at radius 1 is 1.15 bits per heavy atom. The molecule has 33 heavy (non-hydrogen) atoms. The first-order chi connectivity index (χ1) is 15.9. The summed E-state index contributed by atoms with van der Waals surface area (Å²) >= 11 is 0. The smallest absolute Gasteiger partial charge is 0.167 e. The normalized spacial score (nSPS) is 17.2. The number of hydrogen-bond acceptors (Lipinski definition) is 7. The molecule has 2 heterocycles. The maximum Gasteiger partial charge on any atom is 0.167 e. The Kier molecular flexibility index (Phi) is 6.71. The summed E-state index contributed by atoms with van der Waals surface area (Å²) in [6.45, 7) is 4.28. The number of hydrogen-bond donors (Lipinski definition) is 0. The summed E-state index contributed by atoms with van der Waals surface area (Å²) in [6, 6.07) is 12.8. The molecule has 3 aromatic rings. The number of aromatic nitrogens is 3. The van der Waals surface area contributed by atoms with Gasteiger partial charge in [0, 0.05) is 6.61 Å². The van der Waals surface area contributed by atoms with Crippen LogP contribution in [-0.4, -0.2) is 44.0 Å². The molecular formula is C24H29N3O5S. The van der Waals surface area contributed by atoms with E-state index in [-0.39, 0.29) is 11.9 Å². The third kappa shape index (κ3) is 4.60. The molecule has 0 spiro atoms. The number of aryl methyl sites for hydroxylation is 1. The molecule has 0 unspecified atom stereocenters. The number of nitrogens with zero attached hydrogens (tertiary/aromatic N) is 3. The van der Waals surface area contributed by atoms with Gasteiger partial charge in [0.2, 0.25) is 0 Å². The van der Waals surface area contributed by atoms with Gasteiger partial charge in [0.1, 0.15) is 23.4 Å². The summed E-state index contributed by atoms with van der Waals surface area (Å²) in [5.74, 6) is 1.89. The number of ether oxygens (including phenoxy) is 3. The number of methoxy groups -OCH3 is 2. The highest BCUT2D eigenvalue weighted by Gasteiger charge is 2.32. The van der Waals surface area contributed by atoms with Crippen LogP contribution in [0.2, 0.25) is 0 Å². The molecule has 1 aliphatic rings. The van der Waals surface area contributed by atoms with E-state index in [0.29, 0.717) is 35.3 Å². The molecule has 1 saturated heterocycles. The van der Waals surface area contributed by atoms with Crippen molar-refractivity contribution in [3.05, 3.63) is 65.2 Å². The van der Waals surface area contributed by atoms with Crippen molar-refractivity contribution in [2.75, 3.05) is 20.8 Å². The van der Waals surface area contributed by atoms with Gasteiger partial charge in [-0.15, -0.1) is 10.2 Å². The average Bonchev–Trinajstić information content (AvgIpc) is 3.48. The Balaban J connectivity index is 1.78. The van der Waals surface area contributed by atoms with Gasteiger partial charge in [0.25, 0.3) is 0 Å². The summed E-state index contributed by atoms with van der Waals surface area (Å²) in [7, 11) is -0.474. The molecule has 4 rings (SSSR count). The first-order valence-electron chi connectivity index (χ1n) is 10.9. The summed E-state index contributed by atoms with van der Waals surface area (Å²) < 4.78 is 45.5. The standard InChI is InChI=1S/C24H29N3O5S/c1-16-8-5-11-20(31-4)23(16)27-22(25-26-24(27)21-12-7-13-32-21)15-33(28,29)17(2)18-9-6-10-19(14-18)30-3/h5-6,8-11,14,17,21H,7,12-13,15H2,1-4H3/t17-,21-/m1/s1. The van der Waals surface area contributed by atoms with Crippen molar-refractivity contribution in [1.82, 2.24) is 14.8 Å².